The van der Waals surface area contributed by atoms with Crippen LogP contribution in [0.5, 0.6) is 0 Å². The number of carboxylic acid groups (broad SMARTS) is 1. The van der Waals surface area contributed by atoms with Gasteiger partial charge in [0.15, 0.2) is 0 Å². The molecule has 0 atom stereocenters. The number of anilines is 1. The van der Waals surface area contributed by atoms with Gasteiger partial charge in [-0.15, -0.1) is 0 Å². The number of hydrogen-bond acceptors (Lipinski definition) is 3. The molecular weight excluding hydrogens is 268 g/mol. The van der Waals surface area contributed by atoms with E-state index in [1.165, 1.54) is 0 Å². The third-order valence-corrected chi connectivity index (χ3v) is 3.44. The van der Waals surface area contributed by atoms with Crippen molar-refractivity contribution in [2.45, 2.75) is 40.2 Å². The van der Waals surface area contributed by atoms with Gasteiger partial charge in [-0.1, -0.05) is 18.2 Å². The van der Waals surface area contributed by atoms with Gasteiger partial charge in [0.25, 0.3) is 0 Å². The molecule has 0 unspecified atom stereocenters. The first-order valence-corrected chi connectivity index (χ1v) is 7.13. The Morgan fingerprint density at radius 3 is 2.29 bits per heavy atom. The number of amides is 1. The normalized spacial score (nSPS) is 11.0. The summed E-state index contributed by atoms with van der Waals surface area (Å²) in [5, 5.41) is 11.7. The first-order valence-electron chi connectivity index (χ1n) is 7.13. The molecule has 0 bridgehead atoms. The summed E-state index contributed by atoms with van der Waals surface area (Å²) in [6.45, 7) is 8.37. The summed E-state index contributed by atoms with van der Waals surface area (Å²) in [4.78, 5) is 24.7. The molecule has 0 aliphatic heterocycles. The summed E-state index contributed by atoms with van der Waals surface area (Å²) in [5.41, 5.74) is 2.87. The molecule has 0 aliphatic carbocycles. The van der Waals surface area contributed by atoms with Gasteiger partial charge < -0.3 is 10.4 Å². The number of nitrogens with one attached hydrogen (secondary N) is 1. The van der Waals surface area contributed by atoms with Crippen molar-refractivity contribution in [1.29, 1.82) is 0 Å². The standard InChI is InChI=1S/C16H24N2O3/c1-11(2)18(9-8-15(20)21)10-14(19)17-16-12(3)6-5-7-13(16)4/h5-7,11H,8-10H2,1-4H3,(H,17,19)(H,20,21). The predicted molar refractivity (Wildman–Crippen MR) is 83.5 cm³/mol. The Hall–Kier alpha value is -1.88. The lowest BCUT2D eigenvalue weighted by Gasteiger charge is -2.25. The molecule has 116 valence electrons. The number of carbonyl (C=O) groups is 2. The van der Waals surface area contributed by atoms with E-state index in [-0.39, 0.29) is 24.9 Å². The molecule has 0 aromatic heterocycles. The van der Waals surface area contributed by atoms with Gasteiger partial charge in [-0.3, -0.25) is 14.5 Å². The van der Waals surface area contributed by atoms with Gasteiger partial charge in [0.2, 0.25) is 5.91 Å². The van der Waals surface area contributed by atoms with E-state index in [9.17, 15) is 9.59 Å². The summed E-state index contributed by atoms with van der Waals surface area (Å²) in [6.07, 6.45) is 0.0366. The van der Waals surface area contributed by atoms with E-state index in [4.69, 9.17) is 5.11 Å². The van der Waals surface area contributed by atoms with Crippen LogP contribution in [0.15, 0.2) is 18.2 Å². The minimum Gasteiger partial charge on any atom is -0.481 e. The molecule has 0 fully saturated rings. The van der Waals surface area contributed by atoms with Crippen LogP contribution in [0.2, 0.25) is 0 Å². The predicted octanol–water partition coefficient (Wildman–Crippen LogP) is 2.43. The maximum atomic E-state index is 12.2. The Balaban J connectivity index is 2.68. The molecule has 5 heteroatoms. The second-order valence-corrected chi connectivity index (χ2v) is 5.52. The number of aliphatic carboxylic acids is 1. The summed E-state index contributed by atoms with van der Waals surface area (Å²) in [7, 11) is 0. The molecule has 21 heavy (non-hydrogen) atoms. The monoisotopic (exact) mass is 292 g/mol. The Labute approximate surface area is 126 Å². The van der Waals surface area contributed by atoms with Gasteiger partial charge in [0.1, 0.15) is 0 Å². The van der Waals surface area contributed by atoms with Crippen molar-refractivity contribution < 1.29 is 14.7 Å². The molecule has 1 aromatic carbocycles. The van der Waals surface area contributed by atoms with Crippen LogP contribution in [0.1, 0.15) is 31.4 Å². The number of hydrogen-bond donors (Lipinski definition) is 2. The maximum Gasteiger partial charge on any atom is 0.304 e. The zero-order chi connectivity index (χ0) is 16.0. The van der Waals surface area contributed by atoms with Crippen LogP contribution >= 0.6 is 0 Å². The molecular formula is C16H24N2O3. The van der Waals surface area contributed by atoms with Gasteiger partial charge in [0, 0.05) is 18.3 Å². The zero-order valence-corrected chi connectivity index (χ0v) is 13.1. The molecule has 1 rings (SSSR count). The molecule has 0 heterocycles. The van der Waals surface area contributed by atoms with Crippen LogP contribution in [0.4, 0.5) is 5.69 Å². The van der Waals surface area contributed by atoms with Crippen molar-refractivity contribution in [3.63, 3.8) is 0 Å². The van der Waals surface area contributed by atoms with Gasteiger partial charge >= 0.3 is 5.97 Å². The highest BCUT2D eigenvalue weighted by Gasteiger charge is 2.16. The zero-order valence-electron chi connectivity index (χ0n) is 13.1. The molecule has 2 N–H and O–H groups in total. The Morgan fingerprint density at radius 1 is 1.24 bits per heavy atom. The number of benzene rings is 1. The second-order valence-electron chi connectivity index (χ2n) is 5.52. The summed E-state index contributed by atoms with van der Waals surface area (Å²) in [6, 6.07) is 5.97. The molecule has 0 saturated heterocycles. The van der Waals surface area contributed by atoms with Gasteiger partial charge in [-0.25, -0.2) is 0 Å². The molecule has 1 aromatic rings. The van der Waals surface area contributed by atoms with E-state index < -0.39 is 5.97 Å². The summed E-state index contributed by atoms with van der Waals surface area (Å²) in [5.74, 6) is -0.970. The van der Waals surface area contributed by atoms with E-state index >= 15 is 0 Å². The molecule has 5 nitrogen and oxygen atoms in total. The third-order valence-electron chi connectivity index (χ3n) is 3.44. The van der Waals surface area contributed by atoms with Gasteiger partial charge in [-0.2, -0.15) is 0 Å². The third kappa shape index (κ3) is 5.55. The average molecular weight is 292 g/mol. The fourth-order valence-corrected chi connectivity index (χ4v) is 2.13. The molecule has 0 saturated carbocycles. The first kappa shape index (κ1) is 17.2. The van der Waals surface area contributed by atoms with E-state index in [0.717, 1.165) is 16.8 Å². The van der Waals surface area contributed by atoms with Gasteiger partial charge in [-0.05, 0) is 38.8 Å². The van der Waals surface area contributed by atoms with Crippen LogP contribution in [-0.2, 0) is 9.59 Å². The van der Waals surface area contributed by atoms with E-state index in [1.807, 2.05) is 50.8 Å². The topological polar surface area (TPSA) is 69.6 Å². The van der Waals surface area contributed by atoms with Crippen molar-refractivity contribution in [2.24, 2.45) is 0 Å². The van der Waals surface area contributed by atoms with Crippen molar-refractivity contribution in [1.82, 2.24) is 4.90 Å². The van der Waals surface area contributed by atoms with Crippen LogP contribution in [0.3, 0.4) is 0 Å². The molecule has 0 spiro atoms. The van der Waals surface area contributed by atoms with Crippen LogP contribution in [-0.4, -0.2) is 41.0 Å². The first-order chi connectivity index (χ1) is 9.81. The average Bonchev–Trinajstić information content (AvgIpc) is 2.38. The van der Waals surface area contributed by atoms with Gasteiger partial charge in [0.05, 0.1) is 13.0 Å². The highest BCUT2D eigenvalue weighted by molar-refractivity contribution is 5.93. The molecule has 0 aliphatic rings. The fraction of sp³-hybridized carbons (Fsp3) is 0.500. The molecule has 0 radical (unpaired) electrons. The van der Waals surface area contributed by atoms with Crippen LogP contribution in [0.25, 0.3) is 0 Å². The minimum absolute atomic E-state index is 0.0366. The Kier molecular flexibility index (Phi) is 6.37. The SMILES string of the molecule is Cc1cccc(C)c1NC(=O)CN(CCC(=O)O)C(C)C. The van der Waals surface area contributed by atoms with Crippen LogP contribution < -0.4 is 5.32 Å². The highest BCUT2D eigenvalue weighted by Crippen LogP contribution is 2.19. The second kappa shape index (κ2) is 7.78. The highest BCUT2D eigenvalue weighted by atomic mass is 16.4. The van der Waals surface area contributed by atoms with Crippen molar-refractivity contribution in [2.75, 3.05) is 18.4 Å². The summed E-state index contributed by atoms with van der Waals surface area (Å²) >= 11 is 0. The van der Waals surface area contributed by atoms with Crippen molar-refractivity contribution in [3.8, 4) is 0 Å². The lowest BCUT2D eigenvalue weighted by Crippen LogP contribution is -2.39. The van der Waals surface area contributed by atoms with Crippen molar-refractivity contribution in [3.05, 3.63) is 29.3 Å². The Morgan fingerprint density at radius 2 is 1.81 bits per heavy atom. The fourth-order valence-electron chi connectivity index (χ4n) is 2.13. The number of para-hydroxylation sites is 1. The number of carboxylic acids is 1. The van der Waals surface area contributed by atoms with Crippen molar-refractivity contribution >= 4 is 17.6 Å². The smallest absolute Gasteiger partial charge is 0.304 e. The molecule has 1 amide bonds. The van der Waals surface area contributed by atoms with E-state index in [1.54, 1.807) is 0 Å². The van der Waals surface area contributed by atoms with E-state index in [0.29, 0.717) is 6.54 Å². The lowest BCUT2D eigenvalue weighted by atomic mass is 10.1. The maximum absolute atomic E-state index is 12.2. The Bertz CT molecular complexity index is 492. The quantitative estimate of drug-likeness (QED) is 0.810. The van der Waals surface area contributed by atoms with E-state index in [2.05, 4.69) is 5.32 Å². The number of aryl methyl sites for hydroxylation is 2. The number of rotatable bonds is 7. The van der Waals surface area contributed by atoms with Crippen LogP contribution in [0, 0.1) is 13.8 Å². The largest absolute Gasteiger partial charge is 0.481 e. The number of carbonyl (C=O) groups excluding carboxylic acids is 1. The minimum atomic E-state index is -0.851. The lowest BCUT2D eigenvalue weighted by molar-refractivity contribution is -0.137. The number of nitrogens with zero attached hydrogens (tertiary/aromatic N) is 1. The summed E-state index contributed by atoms with van der Waals surface area (Å²) < 4.78 is 0.